The first-order chi connectivity index (χ1) is 10.0. The van der Waals surface area contributed by atoms with Crippen molar-refractivity contribution in [3.8, 4) is 0 Å². The Morgan fingerprint density at radius 3 is 2.86 bits per heavy atom. The van der Waals surface area contributed by atoms with Crippen molar-refractivity contribution in [3.05, 3.63) is 23.8 Å². The second kappa shape index (κ2) is 6.62. The molecule has 1 aromatic carbocycles. The first-order valence-corrected chi connectivity index (χ1v) is 7.57. The predicted octanol–water partition coefficient (Wildman–Crippen LogP) is 1.67. The van der Waals surface area contributed by atoms with E-state index >= 15 is 0 Å². The largest absolute Gasteiger partial charge is 0.481 e. The predicted molar refractivity (Wildman–Crippen MR) is 79.6 cm³/mol. The van der Waals surface area contributed by atoms with E-state index in [1.165, 1.54) is 16.7 Å². The van der Waals surface area contributed by atoms with Crippen LogP contribution in [0.15, 0.2) is 23.1 Å². The van der Waals surface area contributed by atoms with Crippen LogP contribution in [0.1, 0.15) is 23.7 Å². The molecule has 0 aliphatic carbocycles. The molecule has 7 heteroatoms. The summed E-state index contributed by atoms with van der Waals surface area (Å²) in [6.45, 7) is 2.41. The van der Waals surface area contributed by atoms with Crippen LogP contribution in [-0.4, -0.2) is 46.6 Å². The summed E-state index contributed by atoms with van der Waals surface area (Å²) in [6, 6.07) is 5.15. The van der Waals surface area contributed by atoms with Crippen LogP contribution in [0.5, 0.6) is 0 Å². The van der Waals surface area contributed by atoms with Crippen LogP contribution in [0.2, 0.25) is 0 Å². The monoisotopic (exact) mass is 308 g/mol. The minimum absolute atomic E-state index is 0.0862. The Balaban J connectivity index is 2.16. The molecular formula is C14H16N2O4S. The molecule has 0 spiro atoms. The summed E-state index contributed by atoms with van der Waals surface area (Å²) in [5, 5.41) is 11.4. The third-order valence-corrected chi connectivity index (χ3v) is 4.20. The van der Waals surface area contributed by atoms with Crippen molar-refractivity contribution in [1.82, 2.24) is 4.90 Å². The van der Waals surface area contributed by atoms with E-state index in [9.17, 15) is 14.4 Å². The molecule has 112 valence electrons. The molecule has 2 amide bonds. The van der Waals surface area contributed by atoms with Crippen LogP contribution < -0.4 is 5.32 Å². The number of thioether (sulfide) groups is 1. The smallest absolute Gasteiger partial charge is 0.305 e. The quantitative estimate of drug-likeness (QED) is 0.864. The van der Waals surface area contributed by atoms with Gasteiger partial charge in [0.2, 0.25) is 5.91 Å². The maximum absolute atomic E-state index is 12.4. The molecule has 0 bridgehead atoms. The maximum atomic E-state index is 12.4. The molecule has 0 unspecified atom stereocenters. The first-order valence-electron chi connectivity index (χ1n) is 6.59. The van der Waals surface area contributed by atoms with E-state index in [4.69, 9.17) is 5.11 Å². The Hall–Kier alpha value is -2.02. The minimum Gasteiger partial charge on any atom is -0.481 e. The zero-order valence-corrected chi connectivity index (χ0v) is 12.4. The number of carboxylic acid groups (broad SMARTS) is 1. The average molecular weight is 308 g/mol. The summed E-state index contributed by atoms with van der Waals surface area (Å²) in [6.07, 6.45) is -0.0862. The highest BCUT2D eigenvalue weighted by Gasteiger charge is 2.20. The fourth-order valence-electron chi connectivity index (χ4n) is 2.03. The van der Waals surface area contributed by atoms with Gasteiger partial charge in [0.05, 0.1) is 17.9 Å². The topological polar surface area (TPSA) is 86.7 Å². The summed E-state index contributed by atoms with van der Waals surface area (Å²) < 4.78 is 0. The lowest BCUT2D eigenvalue weighted by Crippen LogP contribution is -2.33. The normalized spacial score (nSPS) is 13.3. The minimum atomic E-state index is -0.935. The SMILES string of the molecule is CCN(CCC(=O)O)C(=O)c1ccc2c(c1)NC(=O)CS2. The zero-order chi connectivity index (χ0) is 15.4. The molecule has 0 radical (unpaired) electrons. The van der Waals surface area contributed by atoms with Crippen LogP contribution >= 0.6 is 11.8 Å². The van der Waals surface area contributed by atoms with Gasteiger partial charge < -0.3 is 15.3 Å². The molecule has 0 saturated heterocycles. The highest BCUT2D eigenvalue weighted by Crippen LogP contribution is 2.32. The molecule has 6 nitrogen and oxygen atoms in total. The van der Waals surface area contributed by atoms with Crippen molar-refractivity contribution < 1.29 is 19.5 Å². The van der Waals surface area contributed by atoms with Gasteiger partial charge in [0.1, 0.15) is 0 Å². The number of benzene rings is 1. The third-order valence-electron chi connectivity index (χ3n) is 3.12. The second-order valence-electron chi connectivity index (χ2n) is 4.58. The third kappa shape index (κ3) is 3.75. The van der Waals surface area contributed by atoms with E-state index < -0.39 is 5.97 Å². The van der Waals surface area contributed by atoms with E-state index in [1.807, 2.05) is 0 Å². The first kappa shape index (κ1) is 15.4. The Bertz CT molecular complexity index is 588. The number of hydrogen-bond acceptors (Lipinski definition) is 4. The van der Waals surface area contributed by atoms with Crippen LogP contribution in [0.4, 0.5) is 5.69 Å². The van der Waals surface area contributed by atoms with Gasteiger partial charge in [0.25, 0.3) is 5.91 Å². The van der Waals surface area contributed by atoms with Gasteiger partial charge in [-0.1, -0.05) is 0 Å². The van der Waals surface area contributed by atoms with E-state index in [0.29, 0.717) is 23.5 Å². The fourth-order valence-corrected chi connectivity index (χ4v) is 2.82. The number of aliphatic carboxylic acids is 1. The Morgan fingerprint density at radius 1 is 1.43 bits per heavy atom. The number of carboxylic acids is 1. The number of carbonyl (C=O) groups is 3. The Morgan fingerprint density at radius 2 is 2.19 bits per heavy atom. The Kier molecular flexibility index (Phi) is 4.85. The summed E-state index contributed by atoms with van der Waals surface area (Å²) in [7, 11) is 0. The maximum Gasteiger partial charge on any atom is 0.305 e. The number of fused-ring (bicyclic) bond motifs is 1. The zero-order valence-electron chi connectivity index (χ0n) is 11.6. The van der Waals surface area contributed by atoms with Crippen molar-refractivity contribution in [3.63, 3.8) is 0 Å². The summed E-state index contributed by atoms with van der Waals surface area (Å²) in [5.41, 5.74) is 1.08. The van der Waals surface area contributed by atoms with E-state index in [1.54, 1.807) is 25.1 Å². The lowest BCUT2D eigenvalue weighted by atomic mass is 10.1. The molecule has 0 fully saturated rings. The van der Waals surface area contributed by atoms with Crippen molar-refractivity contribution in [2.24, 2.45) is 0 Å². The summed E-state index contributed by atoms with van der Waals surface area (Å²) >= 11 is 1.43. The number of nitrogens with zero attached hydrogens (tertiary/aromatic N) is 1. The molecule has 1 aromatic rings. The van der Waals surface area contributed by atoms with Crippen molar-refractivity contribution in [1.29, 1.82) is 0 Å². The molecule has 2 N–H and O–H groups in total. The van der Waals surface area contributed by atoms with E-state index in [0.717, 1.165) is 4.90 Å². The molecule has 0 saturated carbocycles. The van der Waals surface area contributed by atoms with Gasteiger partial charge in [-0.15, -0.1) is 11.8 Å². The van der Waals surface area contributed by atoms with Gasteiger partial charge in [-0.05, 0) is 25.1 Å². The van der Waals surface area contributed by atoms with Crippen molar-refractivity contribution in [2.75, 3.05) is 24.2 Å². The number of hydrogen-bond donors (Lipinski definition) is 2. The summed E-state index contributed by atoms with van der Waals surface area (Å²) in [5.74, 6) is -0.878. The number of nitrogens with one attached hydrogen (secondary N) is 1. The lowest BCUT2D eigenvalue weighted by Gasteiger charge is -2.22. The Labute approximate surface area is 126 Å². The van der Waals surface area contributed by atoms with Gasteiger partial charge in [-0.2, -0.15) is 0 Å². The van der Waals surface area contributed by atoms with Gasteiger partial charge in [0.15, 0.2) is 0 Å². The van der Waals surface area contributed by atoms with Gasteiger partial charge >= 0.3 is 5.97 Å². The van der Waals surface area contributed by atoms with Gasteiger partial charge in [-0.25, -0.2) is 0 Å². The van der Waals surface area contributed by atoms with Crippen LogP contribution in [0.3, 0.4) is 0 Å². The molecule has 2 rings (SSSR count). The molecular weight excluding hydrogens is 292 g/mol. The van der Waals surface area contributed by atoms with Crippen LogP contribution in [-0.2, 0) is 9.59 Å². The average Bonchev–Trinajstić information content (AvgIpc) is 2.46. The highest BCUT2D eigenvalue weighted by atomic mass is 32.2. The fraction of sp³-hybridized carbons (Fsp3) is 0.357. The number of rotatable bonds is 5. The number of amides is 2. The molecule has 1 aliphatic rings. The highest BCUT2D eigenvalue weighted by molar-refractivity contribution is 8.00. The summed E-state index contributed by atoms with van der Waals surface area (Å²) in [4.78, 5) is 36.8. The number of carbonyl (C=O) groups excluding carboxylic acids is 2. The van der Waals surface area contributed by atoms with Crippen molar-refractivity contribution >= 4 is 35.2 Å². The number of anilines is 1. The molecule has 0 aromatic heterocycles. The van der Waals surface area contributed by atoms with Gasteiger partial charge in [-0.3, -0.25) is 14.4 Å². The van der Waals surface area contributed by atoms with Gasteiger partial charge in [0, 0.05) is 23.5 Å². The van der Waals surface area contributed by atoms with Crippen molar-refractivity contribution in [2.45, 2.75) is 18.2 Å². The lowest BCUT2D eigenvalue weighted by molar-refractivity contribution is -0.137. The molecule has 1 heterocycles. The van der Waals surface area contributed by atoms with E-state index in [2.05, 4.69) is 5.32 Å². The molecule has 21 heavy (non-hydrogen) atoms. The molecule has 0 atom stereocenters. The van der Waals surface area contributed by atoms with Crippen LogP contribution in [0, 0.1) is 0 Å². The second-order valence-corrected chi connectivity index (χ2v) is 5.59. The molecule has 1 aliphatic heterocycles. The van der Waals surface area contributed by atoms with Crippen LogP contribution in [0.25, 0.3) is 0 Å². The standard InChI is InChI=1S/C14H16N2O4S/c1-2-16(6-5-13(18)19)14(20)9-3-4-11-10(7-9)15-12(17)8-21-11/h3-4,7H,2,5-6,8H2,1H3,(H,15,17)(H,18,19). The van der Waals surface area contributed by atoms with E-state index in [-0.39, 0.29) is 24.8 Å².